The molecular weight excluding hydrogens is 198 g/mol. The Balaban J connectivity index is 2.10. The third-order valence-electron chi connectivity index (χ3n) is 3.16. The highest BCUT2D eigenvalue weighted by Crippen LogP contribution is 2.23. The molecule has 1 aromatic heterocycles. The number of pyridine rings is 1. The number of fused-ring (bicyclic) bond motifs is 1. The summed E-state index contributed by atoms with van der Waals surface area (Å²) >= 11 is 0. The number of nitrogens with two attached hydrogens (primary N) is 1. The summed E-state index contributed by atoms with van der Waals surface area (Å²) in [6.45, 7) is 5.02. The van der Waals surface area contributed by atoms with Crippen molar-refractivity contribution in [3.8, 4) is 0 Å². The molecule has 0 radical (unpaired) electrons. The van der Waals surface area contributed by atoms with E-state index >= 15 is 0 Å². The van der Waals surface area contributed by atoms with E-state index in [1.54, 1.807) is 0 Å². The van der Waals surface area contributed by atoms with Crippen LogP contribution in [0.1, 0.15) is 37.9 Å². The zero-order chi connectivity index (χ0) is 11.6. The molecule has 2 rings (SSSR count). The van der Waals surface area contributed by atoms with Crippen LogP contribution in [0.4, 0.5) is 5.82 Å². The van der Waals surface area contributed by atoms with Gasteiger partial charge in [-0.2, -0.15) is 0 Å². The van der Waals surface area contributed by atoms with Crippen LogP contribution in [0.25, 0.3) is 0 Å². The van der Waals surface area contributed by atoms with Gasteiger partial charge in [-0.05, 0) is 57.7 Å². The van der Waals surface area contributed by atoms with E-state index in [9.17, 15) is 0 Å². The Morgan fingerprint density at radius 2 is 2.19 bits per heavy atom. The first-order valence-electron chi connectivity index (χ1n) is 6.08. The minimum absolute atomic E-state index is 0.0224. The van der Waals surface area contributed by atoms with Crippen molar-refractivity contribution in [1.29, 1.82) is 0 Å². The maximum Gasteiger partial charge on any atom is 0.126 e. The second-order valence-electron chi connectivity index (χ2n) is 5.20. The third-order valence-corrected chi connectivity index (χ3v) is 3.16. The van der Waals surface area contributed by atoms with Crippen LogP contribution in [0, 0.1) is 0 Å². The summed E-state index contributed by atoms with van der Waals surface area (Å²) in [7, 11) is 0. The third kappa shape index (κ3) is 2.53. The lowest BCUT2D eigenvalue weighted by atomic mass is 10.0. The summed E-state index contributed by atoms with van der Waals surface area (Å²) in [5.41, 5.74) is 8.31. The number of nitrogens with one attached hydrogen (secondary N) is 1. The van der Waals surface area contributed by atoms with Crippen molar-refractivity contribution in [1.82, 2.24) is 4.98 Å². The zero-order valence-electron chi connectivity index (χ0n) is 10.2. The largest absolute Gasteiger partial charge is 0.365 e. The van der Waals surface area contributed by atoms with Gasteiger partial charge in [-0.25, -0.2) is 4.98 Å². The summed E-state index contributed by atoms with van der Waals surface area (Å²) in [5.74, 6) is 0.985. The summed E-state index contributed by atoms with van der Waals surface area (Å²) in [5, 5.41) is 3.46. The molecule has 3 nitrogen and oxygen atoms in total. The van der Waals surface area contributed by atoms with E-state index in [-0.39, 0.29) is 5.54 Å². The first-order valence-corrected chi connectivity index (χ1v) is 6.08. The monoisotopic (exact) mass is 219 g/mol. The van der Waals surface area contributed by atoms with E-state index in [4.69, 9.17) is 5.73 Å². The Bertz CT molecular complexity index is 371. The highest BCUT2D eigenvalue weighted by atomic mass is 15.0. The van der Waals surface area contributed by atoms with Gasteiger partial charge in [0, 0.05) is 11.2 Å². The Labute approximate surface area is 97.5 Å². The maximum absolute atomic E-state index is 5.60. The smallest absolute Gasteiger partial charge is 0.126 e. The van der Waals surface area contributed by atoms with Crippen molar-refractivity contribution >= 4 is 5.82 Å². The first kappa shape index (κ1) is 11.4. The van der Waals surface area contributed by atoms with Gasteiger partial charge in [0.05, 0.1) is 0 Å². The summed E-state index contributed by atoms with van der Waals surface area (Å²) < 4.78 is 0. The molecular formula is C13H21N3. The Morgan fingerprint density at radius 1 is 1.38 bits per heavy atom. The molecule has 0 unspecified atom stereocenters. The van der Waals surface area contributed by atoms with Gasteiger partial charge >= 0.3 is 0 Å². The van der Waals surface area contributed by atoms with Crippen molar-refractivity contribution in [2.24, 2.45) is 5.73 Å². The fourth-order valence-corrected chi connectivity index (χ4v) is 2.26. The molecule has 1 heterocycles. The summed E-state index contributed by atoms with van der Waals surface area (Å²) in [4.78, 5) is 4.67. The fraction of sp³-hybridized carbons (Fsp3) is 0.615. The average molecular weight is 219 g/mol. The quantitative estimate of drug-likeness (QED) is 0.815. The lowest BCUT2D eigenvalue weighted by molar-refractivity contribution is 0.524. The molecule has 88 valence electrons. The molecule has 0 atom stereocenters. The van der Waals surface area contributed by atoms with E-state index in [0.29, 0.717) is 6.54 Å². The predicted molar refractivity (Wildman–Crippen MR) is 67.6 cm³/mol. The molecule has 0 bridgehead atoms. The minimum Gasteiger partial charge on any atom is -0.365 e. The Kier molecular flexibility index (Phi) is 3.15. The minimum atomic E-state index is 0.0224. The number of aromatic nitrogens is 1. The van der Waals surface area contributed by atoms with Crippen LogP contribution < -0.4 is 11.1 Å². The highest BCUT2D eigenvalue weighted by Gasteiger charge is 2.18. The molecule has 3 N–H and O–H groups in total. The van der Waals surface area contributed by atoms with Crippen LogP contribution in [-0.2, 0) is 12.8 Å². The number of nitrogens with zero attached hydrogens (tertiary/aromatic N) is 1. The van der Waals surface area contributed by atoms with Gasteiger partial charge in [-0.1, -0.05) is 6.07 Å². The second-order valence-corrected chi connectivity index (χ2v) is 5.20. The van der Waals surface area contributed by atoms with Crippen LogP contribution in [0.5, 0.6) is 0 Å². The van der Waals surface area contributed by atoms with E-state index in [2.05, 4.69) is 36.3 Å². The van der Waals surface area contributed by atoms with Crippen LogP contribution in [-0.4, -0.2) is 17.1 Å². The Hall–Kier alpha value is -1.09. The normalized spacial score (nSPS) is 14.9. The second kappa shape index (κ2) is 4.42. The molecule has 0 aliphatic heterocycles. The van der Waals surface area contributed by atoms with Gasteiger partial charge in [0.15, 0.2) is 0 Å². The molecule has 3 heteroatoms. The van der Waals surface area contributed by atoms with Crippen molar-refractivity contribution in [3.05, 3.63) is 23.4 Å². The van der Waals surface area contributed by atoms with E-state index in [0.717, 1.165) is 18.7 Å². The summed E-state index contributed by atoms with van der Waals surface area (Å²) in [6.07, 6.45) is 4.51. The van der Waals surface area contributed by atoms with Crippen molar-refractivity contribution in [3.63, 3.8) is 0 Å². The lowest BCUT2D eigenvalue weighted by Crippen LogP contribution is -2.33. The zero-order valence-corrected chi connectivity index (χ0v) is 10.2. The summed E-state index contributed by atoms with van der Waals surface area (Å²) in [6, 6.07) is 4.29. The van der Waals surface area contributed by atoms with Gasteiger partial charge in [0.2, 0.25) is 0 Å². The van der Waals surface area contributed by atoms with Crippen LogP contribution in [0.3, 0.4) is 0 Å². The maximum atomic E-state index is 5.60. The van der Waals surface area contributed by atoms with Gasteiger partial charge in [0.1, 0.15) is 5.82 Å². The van der Waals surface area contributed by atoms with Crippen LogP contribution >= 0.6 is 0 Å². The van der Waals surface area contributed by atoms with E-state index < -0.39 is 0 Å². The molecule has 0 saturated carbocycles. The number of aryl methyl sites for hydroxylation is 2. The molecule has 0 fully saturated rings. The van der Waals surface area contributed by atoms with E-state index in [1.165, 1.54) is 24.1 Å². The van der Waals surface area contributed by atoms with Crippen molar-refractivity contribution in [2.75, 3.05) is 11.9 Å². The average Bonchev–Trinajstić information content (AvgIpc) is 2.63. The number of anilines is 1. The molecule has 0 saturated heterocycles. The molecule has 0 spiro atoms. The van der Waals surface area contributed by atoms with Gasteiger partial charge in [-0.15, -0.1) is 0 Å². The number of rotatable bonds is 4. The van der Waals surface area contributed by atoms with Crippen LogP contribution in [0.15, 0.2) is 12.1 Å². The molecule has 1 aliphatic carbocycles. The Morgan fingerprint density at radius 3 is 2.94 bits per heavy atom. The predicted octanol–water partition coefficient (Wildman–Crippen LogP) is 2.11. The number of hydrogen-bond acceptors (Lipinski definition) is 3. The molecule has 1 aliphatic rings. The van der Waals surface area contributed by atoms with Gasteiger partial charge in [-0.3, -0.25) is 0 Å². The number of hydrogen-bond donors (Lipinski definition) is 2. The van der Waals surface area contributed by atoms with E-state index in [1.807, 2.05) is 0 Å². The van der Waals surface area contributed by atoms with Gasteiger partial charge in [0.25, 0.3) is 0 Å². The molecule has 0 aromatic carbocycles. The van der Waals surface area contributed by atoms with Crippen LogP contribution in [0.2, 0.25) is 0 Å². The fourth-order valence-electron chi connectivity index (χ4n) is 2.26. The first-order chi connectivity index (χ1) is 7.61. The SMILES string of the molecule is CC(C)(CCN)Nc1ccc2c(n1)CCC2. The molecule has 1 aromatic rings. The highest BCUT2D eigenvalue weighted by molar-refractivity contribution is 5.42. The lowest BCUT2D eigenvalue weighted by Gasteiger charge is -2.26. The van der Waals surface area contributed by atoms with Crippen molar-refractivity contribution in [2.45, 2.75) is 45.1 Å². The molecule has 0 amide bonds. The van der Waals surface area contributed by atoms with Gasteiger partial charge < -0.3 is 11.1 Å². The topological polar surface area (TPSA) is 50.9 Å². The standard InChI is InChI=1S/C13H21N3/c1-13(2,8-9-14)16-12-7-6-10-4-3-5-11(10)15-12/h6-7H,3-5,8-9,14H2,1-2H3,(H,15,16). The molecule has 16 heavy (non-hydrogen) atoms. The van der Waals surface area contributed by atoms with Crippen molar-refractivity contribution < 1.29 is 0 Å².